The number of carbonyl (C=O) groups excluding carboxylic acids is 1. The Bertz CT molecular complexity index is 479. The number of ether oxygens (including phenoxy) is 1. The molecule has 4 nitrogen and oxygen atoms in total. The summed E-state index contributed by atoms with van der Waals surface area (Å²) in [5.41, 5.74) is 11.0. The maximum atomic E-state index is 11.9. The number of nitrogens with two attached hydrogens (primary N) is 2. The van der Waals surface area contributed by atoms with E-state index in [1.807, 2.05) is 6.07 Å². The monoisotopic (exact) mass is 230 g/mol. The van der Waals surface area contributed by atoms with Crippen LogP contribution in [0.4, 0.5) is 0 Å². The third-order valence-corrected chi connectivity index (χ3v) is 2.58. The second kappa shape index (κ2) is 4.43. The van der Waals surface area contributed by atoms with Crippen LogP contribution in [0.1, 0.15) is 6.42 Å². The van der Waals surface area contributed by atoms with Crippen LogP contribution in [0.3, 0.4) is 0 Å². The van der Waals surface area contributed by atoms with Crippen LogP contribution in [0, 0.1) is 0 Å². The predicted molar refractivity (Wildman–Crippen MR) is 65.0 cm³/mol. The van der Waals surface area contributed by atoms with Gasteiger partial charge in [0.15, 0.2) is 0 Å². The fourth-order valence-corrected chi connectivity index (χ4v) is 1.51. The zero-order chi connectivity index (χ0) is 12.3. The highest BCUT2D eigenvalue weighted by Gasteiger charge is 2.33. The highest BCUT2D eigenvalue weighted by atomic mass is 16.5. The molecule has 0 amide bonds. The van der Waals surface area contributed by atoms with Gasteiger partial charge in [0, 0.05) is 12.1 Å². The van der Waals surface area contributed by atoms with Crippen molar-refractivity contribution < 1.29 is 9.53 Å². The fraction of sp³-hybridized carbons (Fsp3) is 0.154. The van der Waals surface area contributed by atoms with Gasteiger partial charge < -0.3 is 16.2 Å². The molecule has 0 bridgehead atoms. The topological polar surface area (TPSA) is 78.3 Å². The zero-order valence-electron chi connectivity index (χ0n) is 9.30. The van der Waals surface area contributed by atoms with Gasteiger partial charge >= 0.3 is 5.97 Å². The van der Waals surface area contributed by atoms with Crippen LogP contribution in [0.5, 0.6) is 5.75 Å². The minimum atomic E-state index is -1.13. The fourth-order valence-electron chi connectivity index (χ4n) is 1.51. The highest BCUT2D eigenvalue weighted by Crippen LogP contribution is 2.20. The van der Waals surface area contributed by atoms with E-state index in [0.717, 1.165) is 0 Å². The second-order valence-corrected chi connectivity index (χ2v) is 3.98. The van der Waals surface area contributed by atoms with Crippen molar-refractivity contribution in [2.75, 3.05) is 0 Å². The normalized spacial score (nSPS) is 23.0. The lowest BCUT2D eigenvalue weighted by molar-refractivity contribution is -0.138. The lowest BCUT2D eigenvalue weighted by atomic mass is 9.91. The van der Waals surface area contributed by atoms with Crippen LogP contribution in [-0.2, 0) is 4.79 Å². The molecule has 4 N–H and O–H groups in total. The average Bonchev–Trinajstić information content (AvgIpc) is 2.34. The molecule has 0 fully saturated rings. The first-order valence-electron chi connectivity index (χ1n) is 5.31. The van der Waals surface area contributed by atoms with Gasteiger partial charge in [-0.3, -0.25) is 0 Å². The van der Waals surface area contributed by atoms with E-state index in [9.17, 15) is 4.79 Å². The molecule has 0 aliphatic heterocycles. The SMILES string of the molecule is NC1=CCC(N)(C(=O)Oc2ccccc2)C=C1. The molecule has 88 valence electrons. The summed E-state index contributed by atoms with van der Waals surface area (Å²) in [5, 5.41) is 0. The summed E-state index contributed by atoms with van der Waals surface area (Å²) in [6, 6.07) is 8.84. The van der Waals surface area contributed by atoms with E-state index in [-0.39, 0.29) is 0 Å². The number of carbonyl (C=O) groups is 1. The van der Waals surface area contributed by atoms with Crippen LogP contribution in [0.25, 0.3) is 0 Å². The number of para-hydroxylation sites is 1. The Kier molecular flexibility index (Phi) is 2.97. The van der Waals surface area contributed by atoms with E-state index >= 15 is 0 Å². The quantitative estimate of drug-likeness (QED) is 0.589. The lowest BCUT2D eigenvalue weighted by Crippen LogP contribution is -2.49. The summed E-state index contributed by atoms with van der Waals surface area (Å²) < 4.78 is 5.21. The largest absolute Gasteiger partial charge is 0.425 e. The summed E-state index contributed by atoms with van der Waals surface area (Å²) in [5.74, 6) is 0.00181. The molecule has 1 aromatic carbocycles. The molecule has 1 aliphatic carbocycles. The smallest absolute Gasteiger partial charge is 0.335 e. The first kappa shape index (κ1) is 11.4. The Morgan fingerprint density at radius 1 is 1.29 bits per heavy atom. The number of benzene rings is 1. The average molecular weight is 230 g/mol. The van der Waals surface area contributed by atoms with Crippen molar-refractivity contribution in [2.45, 2.75) is 12.0 Å². The maximum absolute atomic E-state index is 11.9. The number of allylic oxidation sites excluding steroid dienone is 1. The van der Waals surface area contributed by atoms with Crippen LogP contribution >= 0.6 is 0 Å². The van der Waals surface area contributed by atoms with E-state index < -0.39 is 11.5 Å². The molecule has 1 atom stereocenters. The Labute approximate surface area is 99.6 Å². The molecule has 0 spiro atoms. The molecular weight excluding hydrogens is 216 g/mol. The molecule has 1 aliphatic rings. The molecule has 1 aromatic rings. The Hall–Kier alpha value is -2.07. The van der Waals surface area contributed by atoms with Gasteiger partial charge in [-0.1, -0.05) is 30.4 Å². The summed E-state index contributed by atoms with van der Waals surface area (Å²) >= 11 is 0. The van der Waals surface area contributed by atoms with Crippen molar-refractivity contribution in [3.63, 3.8) is 0 Å². The van der Waals surface area contributed by atoms with Gasteiger partial charge in [-0.05, 0) is 18.2 Å². The van der Waals surface area contributed by atoms with Gasteiger partial charge in [0.2, 0.25) is 0 Å². The summed E-state index contributed by atoms with van der Waals surface area (Å²) in [7, 11) is 0. The van der Waals surface area contributed by atoms with Crippen molar-refractivity contribution in [1.29, 1.82) is 0 Å². The number of esters is 1. The van der Waals surface area contributed by atoms with Crippen LogP contribution in [-0.4, -0.2) is 11.5 Å². The predicted octanol–water partition coefficient (Wildman–Crippen LogP) is 1.09. The van der Waals surface area contributed by atoms with Crippen LogP contribution < -0.4 is 16.2 Å². The summed E-state index contributed by atoms with van der Waals surface area (Å²) in [6.45, 7) is 0. The standard InChI is InChI=1S/C13H14N2O2/c14-10-6-8-13(15,9-7-10)12(16)17-11-4-2-1-3-5-11/h1-8H,9,14-15H2. The molecule has 0 heterocycles. The zero-order valence-corrected chi connectivity index (χ0v) is 9.30. The molecule has 0 radical (unpaired) electrons. The molecule has 1 unspecified atom stereocenters. The Balaban J connectivity index is 2.09. The molecule has 17 heavy (non-hydrogen) atoms. The minimum Gasteiger partial charge on any atom is -0.425 e. The van der Waals surface area contributed by atoms with Crippen molar-refractivity contribution in [2.24, 2.45) is 11.5 Å². The van der Waals surface area contributed by atoms with Gasteiger partial charge in [0.1, 0.15) is 11.3 Å². The van der Waals surface area contributed by atoms with Crippen LogP contribution in [0.15, 0.2) is 54.3 Å². The summed E-state index contributed by atoms with van der Waals surface area (Å²) in [4.78, 5) is 11.9. The van der Waals surface area contributed by atoms with Gasteiger partial charge in [-0.15, -0.1) is 0 Å². The van der Waals surface area contributed by atoms with Gasteiger partial charge in [-0.25, -0.2) is 4.79 Å². The van der Waals surface area contributed by atoms with E-state index in [2.05, 4.69) is 0 Å². The van der Waals surface area contributed by atoms with Gasteiger partial charge in [0.05, 0.1) is 0 Å². The lowest BCUT2D eigenvalue weighted by Gasteiger charge is -2.24. The Morgan fingerprint density at radius 2 is 2.00 bits per heavy atom. The molecule has 4 heteroatoms. The third kappa shape index (κ3) is 2.54. The second-order valence-electron chi connectivity index (χ2n) is 3.98. The van der Waals surface area contributed by atoms with E-state index in [1.54, 1.807) is 42.5 Å². The van der Waals surface area contributed by atoms with Crippen LogP contribution in [0.2, 0.25) is 0 Å². The molecule has 2 rings (SSSR count). The molecule has 0 aromatic heterocycles. The summed E-state index contributed by atoms with van der Waals surface area (Å²) in [6.07, 6.45) is 5.26. The highest BCUT2D eigenvalue weighted by molar-refractivity contribution is 5.85. The first-order chi connectivity index (χ1) is 8.10. The Morgan fingerprint density at radius 3 is 2.59 bits per heavy atom. The van der Waals surface area contributed by atoms with Crippen molar-refractivity contribution >= 4 is 5.97 Å². The number of hydrogen-bond donors (Lipinski definition) is 2. The third-order valence-electron chi connectivity index (χ3n) is 2.58. The molecular formula is C13H14N2O2. The van der Waals surface area contributed by atoms with Gasteiger partial charge in [-0.2, -0.15) is 0 Å². The van der Waals surface area contributed by atoms with E-state index in [1.165, 1.54) is 0 Å². The maximum Gasteiger partial charge on any atom is 0.335 e. The number of hydrogen-bond acceptors (Lipinski definition) is 4. The van der Waals surface area contributed by atoms with Gasteiger partial charge in [0.25, 0.3) is 0 Å². The van der Waals surface area contributed by atoms with Crippen molar-refractivity contribution in [3.8, 4) is 5.75 Å². The minimum absolute atomic E-state index is 0.348. The first-order valence-corrected chi connectivity index (χ1v) is 5.31. The van der Waals surface area contributed by atoms with Crippen molar-refractivity contribution in [3.05, 3.63) is 54.3 Å². The van der Waals surface area contributed by atoms with Crippen molar-refractivity contribution in [1.82, 2.24) is 0 Å². The molecule has 0 saturated heterocycles. The van der Waals surface area contributed by atoms with E-state index in [4.69, 9.17) is 16.2 Å². The number of rotatable bonds is 2. The molecule has 0 saturated carbocycles. The van der Waals surface area contributed by atoms with E-state index in [0.29, 0.717) is 17.9 Å².